The van der Waals surface area contributed by atoms with Crippen molar-refractivity contribution in [3.8, 4) is 0 Å². The lowest BCUT2D eigenvalue weighted by Crippen LogP contribution is -1.87. The zero-order valence-corrected chi connectivity index (χ0v) is 9.19. The average Bonchev–Trinajstić information content (AvgIpc) is 2.14. The highest BCUT2D eigenvalue weighted by atomic mass is 31.1. The number of rotatable bonds is 3. The van der Waals surface area contributed by atoms with Crippen molar-refractivity contribution in [1.29, 1.82) is 0 Å². The summed E-state index contributed by atoms with van der Waals surface area (Å²) in [6.45, 7) is 0. The van der Waals surface area contributed by atoms with Gasteiger partial charge in [0.05, 0.1) is 0 Å². The minimum Gasteiger partial charge on any atom is -0.157 e. The minimum absolute atomic E-state index is 0.503. The van der Waals surface area contributed by atoms with Crippen LogP contribution < -0.4 is 5.30 Å². The van der Waals surface area contributed by atoms with Crippen molar-refractivity contribution >= 4 is 34.5 Å². The Morgan fingerprint density at radius 3 is 2.67 bits per heavy atom. The van der Waals surface area contributed by atoms with E-state index in [2.05, 4.69) is 46.9 Å². The van der Waals surface area contributed by atoms with Gasteiger partial charge in [-0.05, 0) is 5.80 Å². The molecule has 1 aromatic rings. The molecule has 59 valence electrons. The number of allylic oxidation sites excluding steroid dienone is 1. The van der Waals surface area contributed by atoms with Crippen LogP contribution in [0.4, 0.5) is 0 Å². The van der Waals surface area contributed by atoms with E-state index in [0.717, 1.165) is 0 Å². The summed E-state index contributed by atoms with van der Waals surface area (Å²) in [5, 5.41) is 1.35. The molecule has 0 unspecified atom stereocenters. The van der Waals surface area contributed by atoms with E-state index in [0.29, 0.717) is 15.2 Å². The average molecular weight is 189 g/mol. The lowest BCUT2D eigenvalue weighted by Gasteiger charge is -1.87. The van der Waals surface area contributed by atoms with Crippen molar-refractivity contribution in [2.75, 3.05) is 0 Å². The second-order valence-corrected chi connectivity index (χ2v) is 4.46. The van der Waals surface area contributed by atoms with Crippen molar-refractivity contribution in [3.05, 3.63) is 41.3 Å². The number of benzene rings is 1. The van der Waals surface area contributed by atoms with Crippen LogP contribution in [0.15, 0.2) is 41.3 Å². The van der Waals surface area contributed by atoms with Gasteiger partial charge in [-0.25, -0.2) is 0 Å². The maximum Gasteiger partial charge on any atom is 0.234 e. The van der Waals surface area contributed by atoms with Crippen LogP contribution in [0.25, 0.3) is 0 Å². The molecule has 0 nitrogen and oxygen atoms in total. The van der Waals surface area contributed by atoms with E-state index in [9.17, 15) is 0 Å². The molecule has 0 saturated carbocycles. The van der Waals surface area contributed by atoms with Gasteiger partial charge in [-0.3, -0.25) is 0 Å². The fraction of sp³-hybridized carbons (Fsp3) is 0.100. The topological polar surface area (TPSA) is 0 Å². The Morgan fingerprint density at radius 1 is 1.25 bits per heavy atom. The van der Waals surface area contributed by atoms with Gasteiger partial charge < -0.3 is 0 Å². The highest BCUT2D eigenvalue weighted by Crippen LogP contribution is 1.95. The Morgan fingerprint density at radius 2 is 2.00 bits per heavy atom. The van der Waals surface area contributed by atoms with Gasteiger partial charge in [0, 0.05) is 5.30 Å². The first kappa shape index (κ1) is 9.75. The van der Waals surface area contributed by atoms with Crippen LogP contribution in [0.3, 0.4) is 0 Å². The van der Waals surface area contributed by atoms with Gasteiger partial charge in [0.1, 0.15) is 0 Å². The molecule has 0 fully saturated rings. The Hall–Kier alpha value is -0.338. The van der Waals surface area contributed by atoms with Crippen LogP contribution in [-0.2, 0) is 0 Å². The second-order valence-electron chi connectivity index (χ2n) is 2.33. The van der Waals surface area contributed by atoms with E-state index in [4.69, 9.17) is 0 Å². The van der Waals surface area contributed by atoms with Crippen molar-refractivity contribution in [1.82, 2.24) is 0 Å². The van der Waals surface area contributed by atoms with E-state index in [-0.39, 0.29) is 0 Å². The summed E-state index contributed by atoms with van der Waals surface area (Å²) in [7, 11) is 1.29. The highest BCUT2D eigenvalue weighted by Gasteiger charge is 1.79. The third-order valence-electron chi connectivity index (χ3n) is 1.37. The van der Waals surface area contributed by atoms with Crippen molar-refractivity contribution in [2.45, 2.75) is 5.79 Å². The Kier molecular flexibility index (Phi) is 5.04. The molecule has 1 rings (SSSR count). The summed E-state index contributed by atoms with van der Waals surface area (Å²) < 4.78 is 0. The molecule has 0 N–H and O–H groups in total. The van der Waals surface area contributed by atoms with Gasteiger partial charge >= 0.3 is 0 Å². The molecule has 0 aliphatic carbocycles. The summed E-state index contributed by atoms with van der Waals surface area (Å²) in [5.74, 6) is 4.41. The lowest BCUT2D eigenvalue weighted by atomic mass is 10.4. The fourth-order valence-electron chi connectivity index (χ4n) is 0.804. The zero-order chi connectivity index (χ0) is 8.65. The quantitative estimate of drug-likeness (QED) is 0.505. The smallest absolute Gasteiger partial charge is 0.157 e. The molecule has 0 spiro atoms. The highest BCUT2D eigenvalue weighted by molar-refractivity contribution is 7.47. The normalized spacial score (nSPS) is 11.1. The number of hydrogen-bond acceptors (Lipinski definition) is 0. The van der Waals surface area contributed by atoms with Crippen LogP contribution in [0.1, 0.15) is 0 Å². The molecular weight excluding hydrogens is 178 g/mol. The van der Waals surface area contributed by atoms with Gasteiger partial charge in [-0.1, -0.05) is 44.6 Å². The largest absolute Gasteiger partial charge is 0.234 e. The van der Waals surface area contributed by atoms with E-state index in [1.165, 1.54) is 13.5 Å². The fourth-order valence-corrected chi connectivity index (χ4v) is 2.03. The van der Waals surface area contributed by atoms with Gasteiger partial charge in [-0.15, -0.1) is 5.79 Å². The molecule has 0 aromatic heterocycles. The molecule has 12 heavy (non-hydrogen) atoms. The molecule has 0 aliphatic heterocycles. The summed E-state index contributed by atoms with van der Waals surface area (Å²) in [6, 6.07) is 10.5. The van der Waals surface area contributed by atoms with Crippen molar-refractivity contribution < 1.29 is 0 Å². The van der Waals surface area contributed by atoms with Crippen LogP contribution in [0.2, 0.25) is 5.79 Å². The molecule has 0 atom stereocenters. The molecule has 0 aliphatic rings. The van der Waals surface area contributed by atoms with Crippen LogP contribution in [-0.4, -0.2) is 21.0 Å². The first-order valence-electron chi connectivity index (χ1n) is 3.97. The molecular formula is C10H11AlP. The summed E-state index contributed by atoms with van der Waals surface area (Å²) >= 11 is 0.503. The maximum atomic E-state index is 2.25. The van der Waals surface area contributed by atoms with Gasteiger partial charge in [0.2, 0.25) is 15.2 Å². The molecule has 1 aromatic carbocycles. The standard InChI is InChI=1S/C9H8P.CH3.Al/c1-2-8-10-9-6-4-3-5-7-9;;/h1-8H;1H3;. The molecule has 0 bridgehead atoms. The van der Waals surface area contributed by atoms with E-state index in [1.54, 1.807) is 0 Å². The van der Waals surface area contributed by atoms with E-state index in [1.807, 2.05) is 6.07 Å². The van der Waals surface area contributed by atoms with E-state index >= 15 is 0 Å². The first-order chi connectivity index (χ1) is 5.93. The first-order valence-corrected chi connectivity index (χ1v) is 6.75. The molecule has 0 amide bonds. The van der Waals surface area contributed by atoms with Crippen LogP contribution >= 0.6 is 8.20 Å². The lowest BCUT2D eigenvalue weighted by molar-refractivity contribution is 1.78. The molecule has 0 saturated heterocycles. The van der Waals surface area contributed by atoms with Gasteiger partial charge in [-0.2, -0.15) is 4.94 Å². The number of hydrogen-bond donors (Lipinski definition) is 0. The predicted octanol–water partition coefficient (Wildman–Crippen LogP) is 2.33. The Bertz CT molecular complexity index is 264. The minimum atomic E-state index is 0.503. The van der Waals surface area contributed by atoms with Crippen molar-refractivity contribution in [3.63, 3.8) is 0 Å². The van der Waals surface area contributed by atoms with Gasteiger partial charge in [0.25, 0.3) is 0 Å². The third kappa shape index (κ3) is 3.88. The van der Waals surface area contributed by atoms with E-state index < -0.39 is 0 Å². The summed E-state index contributed by atoms with van der Waals surface area (Å²) in [5.41, 5.74) is 0. The SMILES string of the molecule is [CH3][Al][CH]=CC=Pc1ccccc1. The van der Waals surface area contributed by atoms with Crippen LogP contribution in [0.5, 0.6) is 0 Å². The predicted molar refractivity (Wildman–Crippen MR) is 59.8 cm³/mol. The van der Waals surface area contributed by atoms with Crippen LogP contribution in [0, 0.1) is 0 Å². The third-order valence-corrected chi connectivity index (χ3v) is 2.89. The monoisotopic (exact) mass is 189 g/mol. The zero-order valence-electron chi connectivity index (χ0n) is 7.14. The molecule has 1 radical (unpaired) electrons. The molecule has 0 heterocycles. The summed E-state index contributed by atoms with van der Waals surface area (Å²) in [4.78, 5) is 2.25. The Balaban J connectivity index is 2.52. The Labute approximate surface area is 81.8 Å². The van der Waals surface area contributed by atoms with Gasteiger partial charge in [0.15, 0.2) is 0 Å². The second kappa shape index (κ2) is 6.21. The summed E-state index contributed by atoms with van der Waals surface area (Å²) in [6.07, 6.45) is 2.16. The van der Waals surface area contributed by atoms with Crippen molar-refractivity contribution in [2.24, 2.45) is 0 Å². The molecule has 2 heteroatoms. The maximum absolute atomic E-state index is 2.25.